The molecule has 3 rings (SSSR count). The highest BCUT2D eigenvalue weighted by atomic mass is 16.5. The number of hydrogen-bond donors (Lipinski definition) is 1. The predicted octanol–water partition coefficient (Wildman–Crippen LogP) is 2.39. The fourth-order valence-electron chi connectivity index (χ4n) is 3.06. The van der Waals surface area contributed by atoms with Crippen molar-refractivity contribution in [2.45, 2.75) is 39.3 Å². The van der Waals surface area contributed by atoms with Crippen LogP contribution in [0.5, 0.6) is 6.01 Å². The molecule has 1 aliphatic rings. The average molecular weight is 369 g/mol. The second-order valence-electron chi connectivity index (χ2n) is 7.11. The molecular formula is C20H27N5O2. The van der Waals surface area contributed by atoms with Crippen molar-refractivity contribution in [3.63, 3.8) is 0 Å². The lowest BCUT2D eigenvalue weighted by Gasteiger charge is -2.18. The zero-order chi connectivity index (χ0) is 19.4. The van der Waals surface area contributed by atoms with Gasteiger partial charge in [0, 0.05) is 12.1 Å². The lowest BCUT2D eigenvalue weighted by atomic mass is 10.1. The van der Waals surface area contributed by atoms with Crippen LogP contribution >= 0.6 is 0 Å². The molecule has 7 heteroatoms. The summed E-state index contributed by atoms with van der Waals surface area (Å²) in [5.74, 6) is 0.870. The summed E-state index contributed by atoms with van der Waals surface area (Å²) in [5, 5.41) is 0. The molecule has 144 valence electrons. The Morgan fingerprint density at radius 2 is 1.89 bits per heavy atom. The molecule has 0 unspecified atom stereocenters. The van der Waals surface area contributed by atoms with Crippen molar-refractivity contribution in [1.82, 2.24) is 14.9 Å². The zero-order valence-corrected chi connectivity index (χ0v) is 16.2. The zero-order valence-electron chi connectivity index (χ0n) is 16.2. The topological polar surface area (TPSA) is 84.6 Å². The summed E-state index contributed by atoms with van der Waals surface area (Å²) in [5.41, 5.74) is 9.01. The molecule has 0 aliphatic carbocycles. The molecule has 7 nitrogen and oxygen atoms in total. The number of hydrogen-bond acceptors (Lipinski definition) is 6. The number of nitrogens with zero attached hydrogens (tertiary/aromatic N) is 4. The minimum absolute atomic E-state index is 0.0194. The minimum Gasteiger partial charge on any atom is -0.463 e. The van der Waals surface area contributed by atoms with E-state index in [0.717, 1.165) is 24.9 Å². The molecule has 0 atom stereocenters. The highest BCUT2D eigenvalue weighted by molar-refractivity contribution is 6.01. The van der Waals surface area contributed by atoms with Gasteiger partial charge in [-0.2, -0.15) is 9.97 Å². The molecule has 2 N–H and O–H groups in total. The van der Waals surface area contributed by atoms with E-state index in [4.69, 9.17) is 10.5 Å². The lowest BCUT2D eigenvalue weighted by molar-refractivity contribution is -0.117. The lowest BCUT2D eigenvalue weighted by Crippen LogP contribution is -2.26. The van der Waals surface area contributed by atoms with Gasteiger partial charge in [-0.15, -0.1) is 0 Å². The Bertz CT molecular complexity index is 805. The predicted molar refractivity (Wildman–Crippen MR) is 106 cm³/mol. The molecule has 1 amide bonds. The van der Waals surface area contributed by atoms with Gasteiger partial charge in [0.05, 0.1) is 19.6 Å². The van der Waals surface area contributed by atoms with Gasteiger partial charge in [-0.3, -0.25) is 9.69 Å². The number of carbonyl (C=O) groups is 1. The normalized spacial score (nSPS) is 13.3. The molecular weight excluding hydrogens is 342 g/mol. The molecule has 0 spiro atoms. The summed E-state index contributed by atoms with van der Waals surface area (Å²) in [6.45, 7) is 3.97. The van der Waals surface area contributed by atoms with E-state index in [9.17, 15) is 4.79 Å². The van der Waals surface area contributed by atoms with Gasteiger partial charge in [0.25, 0.3) is 0 Å². The molecule has 1 aliphatic heterocycles. The van der Waals surface area contributed by atoms with Gasteiger partial charge in [0.2, 0.25) is 5.91 Å². The molecule has 2 aromatic rings. The van der Waals surface area contributed by atoms with Crippen molar-refractivity contribution in [2.24, 2.45) is 0 Å². The van der Waals surface area contributed by atoms with Crippen LogP contribution in [-0.2, 0) is 24.3 Å². The number of benzene rings is 1. The maximum atomic E-state index is 12.5. The van der Waals surface area contributed by atoms with Crippen molar-refractivity contribution in [3.8, 4) is 6.01 Å². The molecule has 27 heavy (non-hydrogen) atoms. The smallest absolute Gasteiger partial charge is 0.320 e. The van der Waals surface area contributed by atoms with Crippen molar-refractivity contribution in [3.05, 3.63) is 41.0 Å². The molecule has 0 radical (unpaired) electrons. The molecule has 1 aromatic carbocycles. The monoisotopic (exact) mass is 369 g/mol. The quantitative estimate of drug-likeness (QED) is 0.719. The maximum absolute atomic E-state index is 12.5. The Labute approximate surface area is 160 Å². The largest absolute Gasteiger partial charge is 0.463 e. The van der Waals surface area contributed by atoms with Gasteiger partial charge >= 0.3 is 6.01 Å². The summed E-state index contributed by atoms with van der Waals surface area (Å²) in [7, 11) is 4.08. The van der Waals surface area contributed by atoms with E-state index >= 15 is 0 Å². The summed E-state index contributed by atoms with van der Waals surface area (Å²) >= 11 is 0. The molecule has 0 saturated heterocycles. The van der Waals surface area contributed by atoms with Crippen molar-refractivity contribution in [1.29, 1.82) is 0 Å². The number of unbranched alkanes of at least 4 members (excludes halogenated alkanes) is 1. The van der Waals surface area contributed by atoms with Gasteiger partial charge in [-0.1, -0.05) is 37.6 Å². The third-order valence-electron chi connectivity index (χ3n) is 4.47. The number of rotatable bonds is 8. The third kappa shape index (κ3) is 4.54. The number of nitrogen functional groups attached to an aromatic ring is 1. The first kappa shape index (κ1) is 19.1. The summed E-state index contributed by atoms with van der Waals surface area (Å²) in [4.78, 5) is 25.0. The van der Waals surface area contributed by atoms with Gasteiger partial charge in [-0.25, -0.2) is 0 Å². The first-order valence-corrected chi connectivity index (χ1v) is 9.30. The van der Waals surface area contributed by atoms with Crippen LogP contribution in [0.2, 0.25) is 0 Å². The average Bonchev–Trinajstić information content (AvgIpc) is 2.93. The number of anilines is 2. The van der Waals surface area contributed by atoms with E-state index in [2.05, 4.69) is 33.9 Å². The van der Waals surface area contributed by atoms with Gasteiger partial charge in [-0.05, 0) is 31.6 Å². The van der Waals surface area contributed by atoms with E-state index in [-0.39, 0.29) is 18.3 Å². The van der Waals surface area contributed by atoms with E-state index < -0.39 is 0 Å². The van der Waals surface area contributed by atoms with Gasteiger partial charge < -0.3 is 15.4 Å². The Hall–Kier alpha value is -2.67. The van der Waals surface area contributed by atoms with Gasteiger partial charge in [0.1, 0.15) is 11.6 Å². The summed E-state index contributed by atoms with van der Waals surface area (Å²) in [6.07, 6.45) is 2.17. The Morgan fingerprint density at radius 3 is 2.56 bits per heavy atom. The van der Waals surface area contributed by atoms with E-state index in [0.29, 0.717) is 30.4 Å². The molecule has 2 heterocycles. The Morgan fingerprint density at radius 1 is 1.19 bits per heavy atom. The van der Waals surface area contributed by atoms with Crippen LogP contribution in [0, 0.1) is 0 Å². The minimum atomic E-state index is -0.0194. The van der Waals surface area contributed by atoms with Crippen LogP contribution in [0.15, 0.2) is 24.3 Å². The second kappa shape index (κ2) is 8.35. The van der Waals surface area contributed by atoms with Crippen LogP contribution in [0.4, 0.5) is 11.6 Å². The third-order valence-corrected chi connectivity index (χ3v) is 4.47. The number of ether oxygens (including phenoxy) is 1. The highest BCUT2D eigenvalue weighted by Gasteiger charge is 2.32. The van der Waals surface area contributed by atoms with Crippen LogP contribution in [0.3, 0.4) is 0 Å². The highest BCUT2D eigenvalue weighted by Crippen LogP contribution is 2.33. The summed E-state index contributed by atoms with van der Waals surface area (Å²) in [6, 6.07) is 8.51. The molecule has 0 bridgehead atoms. The van der Waals surface area contributed by atoms with Crippen molar-refractivity contribution < 1.29 is 9.53 Å². The maximum Gasteiger partial charge on any atom is 0.320 e. The summed E-state index contributed by atoms with van der Waals surface area (Å²) < 4.78 is 5.59. The Balaban J connectivity index is 1.78. The van der Waals surface area contributed by atoms with Crippen molar-refractivity contribution >= 4 is 17.5 Å². The number of nitrogens with two attached hydrogens (primary N) is 1. The fraction of sp³-hybridized carbons (Fsp3) is 0.450. The van der Waals surface area contributed by atoms with Crippen LogP contribution in [-0.4, -0.2) is 41.5 Å². The van der Waals surface area contributed by atoms with E-state index in [1.165, 1.54) is 5.56 Å². The second-order valence-corrected chi connectivity index (χ2v) is 7.11. The van der Waals surface area contributed by atoms with Crippen molar-refractivity contribution in [2.75, 3.05) is 31.3 Å². The fourth-order valence-corrected chi connectivity index (χ4v) is 3.06. The number of amides is 1. The van der Waals surface area contributed by atoms with E-state index in [1.807, 2.05) is 26.2 Å². The Kier molecular flexibility index (Phi) is 5.91. The SMILES string of the molecule is CCCCOc1nc(N)c2c(n1)N(Cc1ccc(CN(C)C)cc1)C(=O)C2. The number of fused-ring (bicyclic) bond motifs is 1. The first-order chi connectivity index (χ1) is 13.0. The molecule has 0 saturated carbocycles. The first-order valence-electron chi connectivity index (χ1n) is 9.30. The molecule has 0 fully saturated rings. The number of carbonyl (C=O) groups excluding carboxylic acids is 1. The van der Waals surface area contributed by atoms with Crippen LogP contribution in [0.25, 0.3) is 0 Å². The number of aromatic nitrogens is 2. The van der Waals surface area contributed by atoms with Gasteiger partial charge in [0.15, 0.2) is 0 Å². The van der Waals surface area contributed by atoms with E-state index in [1.54, 1.807) is 4.90 Å². The van der Waals surface area contributed by atoms with Crippen LogP contribution in [0.1, 0.15) is 36.5 Å². The standard InChI is InChI=1S/C20H27N5O2/c1-4-5-10-27-20-22-18(21)16-11-17(26)25(19(16)23-20)13-15-8-6-14(7-9-15)12-24(2)3/h6-9H,4-5,10-13H2,1-3H3,(H2,21,22,23). The molecule has 1 aromatic heterocycles. The van der Waals surface area contributed by atoms with Crippen LogP contribution < -0.4 is 15.4 Å².